The Bertz CT molecular complexity index is 1740. The summed E-state index contributed by atoms with van der Waals surface area (Å²) in [5.74, 6) is -0.637. The summed E-state index contributed by atoms with van der Waals surface area (Å²) in [6, 6.07) is 48.7. The van der Waals surface area contributed by atoms with Gasteiger partial charge in [0.2, 0.25) is 0 Å². The van der Waals surface area contributed by atoms with Crippen molar-refractivity contribution in [3.8, 4) is 0 Å². The second-order valence-electron chi connectivity index (χ2n) is 13.8. The van der Waals surface area contributed by atoms with Crippen molar-refractivity contribution >= 4 is 24.7 Å². The molecule has 0 amide bonds. The van der Waals surface area contributed by atoms with E-state index in [1.807, 2.05) is 103 Å². The quantitative estimate of drug-likeness (QED) is 0.109. The first-order chi connectivity index (χ1) is 24.8. The summed E-state index contributed by atoms with van der Waals surface area (Å²) >= 11 is 0. The molecule has 1 heterocycles. The lowest BCUT2D eigenvalue weighted by Crippen LogP contribution is -2.69. The highest BCUT2D eigenvalue weighted by molar-refractivity contribution is 6.99. The van der Waals surface area contributed by atoms with Gasteiger partial charge in [-0.05, 0) is 38.7 Å². The minimum absolute atomic E-state index is 0.0516. The average molecular weight is 702 g/mol. The largest absolute Gasteiger partial charge is 0.828 e. The summed E-state index contributed by atoms with van der Waals surface area (Å²) in [7, 11) is -3.02. The summed E-state index contributed by atoms with van der Waals surface area (Å²) in [5, 5.41) is 16.0. The molecule has 7 nitrogen and oxygen atoms in total. The molecule has 0 N–H and O–H groups in total. The second kappa shape index (κ2) is 16.7. The molecule has 0 aliphatic carbocycles. The third-order valence-electron chi connectivity index (χ3n) is 9.30. The summed E-state index contributed by atoms with van der Waals surface area (Å²) < 4.78 is 32.7. The first-order valence-corrected chi connectivity index (χ1v) is 19.3. The monoisotopic (exact) mass is 701 g/mol. The molecule has 6 rings (SSSR count). The predicted octanol–water partition coefficient (Wildman–Crippen LogP) is 6.04. The van der Waals surface area contributed by atoms with E-state index in [0.717, 1.165) is 21.5 Å². The Hall–Kier alpha value is -4.41. The van der Waals surface area contributed by atoms with E-state index in [4.69, 9.17) is 23.4 Å². The summed E-state index contributed by atoms with van der Waals surface area (Å²) in [6.45, 7) is 7.04. The van der Waals surface area contributed by atoms with Crippen LogP contribution in [0.5, 0.6) is 0 Å². The zero-order valence-corrected chi connectivity index (χ0v) is 30.3. The summed E-state index contributed by atoms with van der Waals surface area (Å²) in [6.07, 6.45) is -5.70. The van der Waals surface area contributed by atoms with Crippen LogP contribution in [0.25, 0.3) is 0 Å². The number of ether oxygens (including phenoxy) is 4. The van der Waals surface area contributed by atoms with E-state index in [0.29, 0.717) is 5.56 Å². The molecule has 0 aromatic heterocycles. The molecule has 5 aromatic carbocycles. The van der Waals surface area contributed by atoms with Crippen LogP contribution < -0.4 is 15.5 Å². The molecule has 51 heavy (non-hydrogen) atoms. The smallest absolute Gasteiger partial charge is 0.338 e. The van der Waals surface area contributed by atoms with Crippen molar-refractivity contribution in [1.29, 1.82) is 0 Å². The molecule has 0 radical (unpaired) electrons. The van der Waals surface area contributed by atoms with E-state index in [1.165, 1.54) is 0 Å². The standard InChI is InChI=1S/C43H45O7Si/c1-43(2,3)51(35-25-15-7-16-26-35,36-27-17-8-18-28-36)48-31-37-38(46-29-32-19-9-4-10-20-32)39(47-30-33-21-11-5-12-22-33)40(42(45)49-37)50-41(44)34-23-13-6-14-24-34/h4-28,37-40,42H,29-31H2,1-3H3/q-1/t37-,38-,39+,40+,42+/m1/s1. The Morgan fingerprint density at radius 2 is 1.06 bits per heavy atom. The maximum Gasteiger partial charge on any atom is 0.338 e. The van der Waals surface area contributed by atoms with Gasteiger partial charge < -0.3 is 28.5 Å². The molecule has 8 heteroatoms. The van der Waals surface area contributed by atoms with Crippen molar-refractivity contribution in [2.45, 2.75) is 69.7 Å². The Balaban J connectivity index is 1.38. The van der Waals surface area contributed by atoms with Crippen LogP contribution in [0.1, 0.15) is 42.3 Å². The number of hydrogen-bond acceptors (Lipinski definition) is 7. The van der Waals surface area contributed by atoms with Crippen LogP contribution >= 0.6 is 0 Å². The number of hydrogen-bond donors (Lipinski definition) is 0. The van der Waals surface area contributed by atoms with Crippen molar-refractivity contribution in [3.63, 3.8) is 0 Å². The maximum atomic E-state index is 14.1. The number of benzene rings is 5. The van der Waals surface area contributed by atoms with Gasteiger partial charge in [0.25, 0.3) is 8.32 Å². The highest BCUT2D eigenvalue weighted by atomic mass is 28.4. The van der Waals surface area contributed by atoms with Crippen molar-refractivity contribution < 1.29 is 33.3 Å². The van der Waals surface area contributed by atoms with Gasteiger partial charge in [-0.1, -0.05) is 160 Å². The van der Waals surface area contributed by atoms with Gasteiger partial charge in [0.15, 0.2) is 0 Å². The van der Waals surface area contributed by atoms with Crippen LogP contribution in [0.15, 0.2) is 152 Å². The minimum Gasteiger partial charge on any atom is -0.828 e. The fourth-order valence-corrected chi connectivity index (χ4v) is 11.4. The van der Waals surface area contributed by atoms with E-state index in [-0.39, 0.29) is 24.9 Å². The van der Waals surface area contributed by atoms with E-state index in [2.05, 4.69) is 45.0 Å². The molecule has 1 aliphatic heterocycles. The average Bonchev–Trinajstić information content (AvgIpc) is 3.16. The lowest BCUT2D eigenvalue weighted by atomic mass is 9.98. The number of esters is 1. The van der Waals surface area contributed by atoms with Gasteiger partial charge in [-0.25, -0.2) is 4.79 Å². The molecule has 0 saturated carbocycles. The Kier molecular flexibility index (Phi) is 11.9. The van der Waals surface area contributed by atoms with Crippen LogP contribution in [0.2, 0.25) is 5.04 Å². The lowest BCUT2D eigenvalue weighted by Gasteiger charge is -2.50. The van der Waals surface area contributed by atoms with Gasteiger partial charge in [-0.3, -0.25) is 0 Å². The fraction of sp³-hybridized carbons (Fsp3) is 0.279. The third kappa shape index (κ3) is 8.56. The Labute approximate surface area is 301 Å². The molecule has 5 aromatic rings. The van der Waals surface area contributed by atoms with Crippen molar-refractivity contribution in [1.82, 2.24) is 0 Å². The SMILES string of the molecule is CC(C)(C)[Si](OC[C@H]1O[C@H]([O-])[C@@H](OC(=O)c2ccccc2)[C@@H](OCc2ccccc2)[C@@H]1OCc1ccccc1)(c1ccccc1)c1ccccc1. The molecular weight excluding hydrogens is 657 g/mol. The van der Waals surface area contributed by atoms with Gasteiger partial charge in [0, 0.05) is 6.29 Å². The molecule has 1 saturated heterocycles. The van der Waals surface area contributed by atoms with Crippen LogP contribution in [0.3, 0.4) is 0 Å². The Morgan fingerprint density at radius 3 is 1.53 bits per heavy atom. The zero-order valence-electron chi connectivity index (χ0n) is 29.3. The van der Waals surface area contributed by atoms with Gasteiger partial charge >= 0.3 is 5.97 Å². The normalized spacial score (nSPS) is 20.8. The molecule has 0 spiro atoms. The van der Waals surface area contributed by atoms with Gasteiger partial charge in [0.05, 0.1) is 25.4 Å². The zero-order chi connectivity index (χ0) is 35.7. The van der Waals surface area contributed by atoms with E-state index in [9.17, 15) is 9.90 Å². The van der Waals surface area contributed by atoms with Crippen molar-refractivity contribution in [2.24, 2.45) is 0 Å². The predicted molar refractivity (Wildman–Crippen MR) is 198 cm³/mol. The molecule has 0 unspecified atom stereocenters. The highest BCUT2D eigenvalue weighted by Gasteiger charge is 2.52. The topological polar surface area (TPSA) is 86.3 Å². The molecular formula is C43H45O7Si-. The molecule has 1 aliphatic rings. The maximum absolute atomic E-state index is 14.1. The minimum atomic E-state index is -3.02. The summed E-state index contributed by atoms with van der Waals surface area (Å²) in [5.41, 5.74) is 2.17. The summed E-state index contributed by atoms with van der Waals surface area (Å²) in [4.78, 5) is 13.4. The lowest BCUT2D eigenvalue weighted by molar-refractivity contribution is -0.533. The van der Waals surface area contributed by atoms with E-state index in [1.54, 1.807) is 24.3 Å². The van der Waals surface area contributed by atoms with Crippen LogP contribution in [-0.4, -0.2) is 51.6 Å². The molecule has 264 valence electrons. The molecule has 5 atom stereocenters. The van der Waals surface area contributed by atoms with Gasteiger partial charge in [0.1, 0.15) is 24.4 Å². The third-order valence-corrected chi connectivity index (χ3v) is 14.3. The second-order valence-corrected chi connectivity index (χ2v) is 18.1. The first-order valence-electron chi connectivity index (χ1n) is 17.4. The molecule has 1 fully saturated rings. The number of rotatable bonds is 13. The number of carbonyl (C=O) groups excluding carboxylic acids is 1. The first kappa shape index (κ1) is 36.4. The highest BCUT2D eigenvalue weighted by Crippen LogP contribution is 2.38. The van der Waals surface area contributed by atoms with Crippen LogP contribution in [0.4, 0.5) is 0 Å². The fourth-order valence-electron chi connectivity index (χ4n) is 6.80. The molecule has 0 bridgehead atoms. The van der Waals surface area contributed by atoms with Crippen LogP contribution in [-0.2, 0) is 36.6 Å². The van der Waals surface area contributed by atoms with Crippen LogP contribution in [0, 0.1) is 0 Å². The van der Waals surface area contributed by atoms with Crippen molar-refractivity contribution in [3.05, 3.63) is 168 Å². The van der Waals surface area contributed by atoms with Gasteiger partial charge in [-0.15, -0.1) is 0 Å². The Morgan fingerprint density at radius 1 is 0.627 bits per heavy atom. The van der Waals surface area contributed by atoms with Gasteiger partial charge in [-0.2, -0.15) is 0 Å². The van der Waals surface area contributed by atoms with E-state index < -0.39 is 45.0 Å². The number of carbonyl (C=O) groups is 1. The van der Waals surface area contributed by atoms with Crippen molar-refractivity contribution in [2.75, 3.05) is 6.61 Å². The van der Waals surface area contributed by atoms with E-state index >= 15 is 0 Å².